The fraction of sp³-hybridized carbons (Fsp3) is 0.615. The molecule has 1 aliphatic heterocycles. The van der Waals surface area contributed by atoms with Crippen molar-refractivity contribution in [3.63, 3.8) is 0 Å². The average molecular weight is 252 g/mol. The summed E-state index contributed by atoms with van der Waals surface area (Å²) in [5.74, 6) is -0.0226. The van der Waals surface area contributed by atoms with E-state index in [4.69, 9.17) is 5.73 Å². The monoisotopic (exact) mass is 252 g/mol. The van der Waals surface area contributed by atoms with E-state index in [9.17, 15) is 4.39 Å². The van der Waals surface area contributed by atoms with Gasteiger partial charge < -0.3 is 5.73 Å². The highest BCUT2D eigenvalue weighted by atomic mass is 19.1. The Hall–Kier alpha value is -1.20. The van der Waals surface area contributed by atoms with E-state index in [-0.39, 0.29) is 5.82 Å². The van der Waals surface area contributed by atoms with Gasteiger partial charge in [-0.3, -0.25) is 5.43 Å². The summed E-state index contributed by atoms with van der Waals surface area (Å²) in [6.07, 6.45) is 8.17. The van der Waals surface area contributed by atoms with E-state index in [0.717, 1.165) is 6.20 Å². The van der Waals surface area contributed by atoms with Crippen LogP contribution in [0.25, 0.3) is 0 Å². The van der Waals surface area contributed by atoms with Crippen molar-refractivity contribution < 1.29 is 4.39 Å². The van der Waals surface area contributed by atoms with Crippen molar-refractivity contribution >= 4 is 5.82 Å². The minimum Gasteiger partial charge on any atom is -0.384 e. The van der Waals surface area contributed by atoms with Crippen LogP contribution in [-0.2, 0) is 0 Å². The third-order valence-corrected chi connectivity index (χ3v) is 3.69. The molecule has 1 aromatic heterocycles. The lowest BCUT2D eigenvalue weighted by molar-refractivity contribution is 0.0807. The molecule has 0 radical (unpaired) electrons. The van der Waals surface area contributed by atoms with Crippen LogP contribution in [0.4, 0.5) is 10.2 Å². The Morgan fingerprint density at radius 2 is 2.11 bits per heavy atom. The summed E-state index contributed by atoms with van der Waals surface area (Å²) in [5.41, 5.74) is 9.06. The molecule has 1 aliphatic carbocycles. The van der Waals surface area contributed by atoms with Gasteiger partial charge in [-0.05, 0) is 44.9 Å². The van der Waals surface area contributed by atoms with E-state index in [1.54, 1.807) is 0 Å². The van der Waals surface area contributed by atoms with Crippen molar-refractivity contribution in [3.05, 3.63) is 24.1 Å². The van der Waals surface area contributed by atoms with Gasteiger partial charge in [0.05, 0.1) is 6.20 Å². The van der Waals surface area contributed by atoms with Crippen LogP contribution in [0.15, 0.2) is 18.3 Å². The number of nitrogen functional groups attached to an aromatic ring is 1. The molecule has 0 aromatic carbocycles. The maximum Gasteiger partial charge on any atom is 0.141 e. The second-order valence-corrected chi connectivity index (χ2v) is 4.96. The smallest absolute Gasteiger partial charge is 0.141 e. The molecule has 100 valence electrons. The Kier molecular flexibility index (Phi) is 4.14. The van der Waals surface area contributed by atoms with Crippen LogP contribution in [-0.4, -0.2) is 29.1 Å². The van der Waals surface area contributed by atoms with Gasteiger partial charge in [0.2, 0.25) is 0 Å². The summed E-state index contributed by atoms with van der Waals surface area (Å²) in [6.45, 7) is 1.26. The number of hydrazine groups is 1. The summed E-state index contributed by atoms with van der Waals surface area (Å²) in [5, 5.41) is 2.44. The van der Waals surface area contributed by atoms with Crippen molar-refractivity contribution in [2.24, 2.45) is 0 Å². The maximum absolute atomic E-state index is 12.0. The zero-order chi connectivity index (χ0) is 13.0. The number of aromatic nitrogens is 1. The van der Waals surface area contributed by atoms with E-state index in [1.165, 1.54) is 50.8 Å². The Labute approximate surface area is 107 Å². The zero-order valence-electron chi connectivity index (χ0n) is 10.8. The number of hydrogen-bond acceptors (Lipinski definition) is 4. The first kappa shape index (κ1) is 13.2. The molecule has 1 saturated heterocycles. The van der Waals surface area contributed by atoms with Gasteiger partial charge in [0, 0.05) is 12.1 Å². The number of anilines is 1. The standard InChI is InChI=1S/C8H16N2.C5H5FN2/c1-9-10-7-3-2-4-8(10)5-6-8;6-4-1-2-5(7)8-3-4/h9H,2-7H2,1H3;1-3H,(H2,7,8). The van der Waals surface area contributed by atoms with E-state index >= 15 is 0 Å². The molecule has 1 saturated carbocycles. The van der Waals surface area contributed by atoms with Gasteiger partial charge in [-0.25, -0.2) is 14.4 Å². The lowest BCUT2D eigenvalue weighted by Crippen LogP contribution is -2.48. The molecule has 2 aliphatic rings. The molecule has 1 spiro atoms. The quantitative estimate of drug-likeness (QED) is 0.802. The summed E-state index contributed by atoms with van der Waals surface area (Å²) in [7, 11) is 2.05. The number of piperidine rings is 1. The van der Waals surface area contributed by atoms with Crippen LogP contribution in [0, 0.1) is 5.82 Å². The minimum absolute atomic E-state index is 0.339. The predicted molar refractivity (Wildman–Crippen MR) is 70.2 cm³/mol. The second kappa shape index (κ2) is 5.63. The van der Waals surface area contributed by atoms with Crippen LogP contribution in [0.2, 0.25) is 0 Å². The van der Waals surface area contributed by atoms with Gasteiger partial charge in [0.25, 0.3) is 0 Å². The van der Waals surface area contributed by atoms with E-state index in [2.05, 4.69) is 15.4 Å². The van der Waals surface area contributed by atoms with Gasteiger partial charge >= 0.3 is 0 Å². The average Bonchev–Trinajstić information content (AvgIpc) is 3.15. The maximum atomic E-state index is 12.0. The Bertz CT molecular complexity index is 354. The molecular formula is C13H21FN4. The summed E-state index contributed by atoms with van der Waals surface area (Å²) < 4.78 is 12.0. The van der Waals surface area contributed by atoms with Crippen molar-refractivity contribution in [1.29, 1.82) is 0 Å². The SMILES string of the molecule is CNN1CCCCC12CC2.Nc1ccc(F)cn1. The molecule has 0 unspecified atom stereocenters. The van der Waals surface area contributed by atoms with Gasteiger partial charge in [0.1, 0.15) is 11.6 Å². The third kappa shape index (κ3) is 3.17. The predicted octanol–water partition coefficient (Wildman–Crippen LogP) is 1.94. The van der Waals surface area contributed by atoms with Crippen LogP contribution < -0.4 is 11.2 Å². The van der Waals surface area contributed by atoms with E-state index in [1.807, 2.05) is 7.05 Å². The normalized spacial score (nSPS) is 21.2. The van der Waals surface area contributed by atoms with Crippen molar-refractivity contribution in [3.8, 4) is 0 Å². The van der Waals surface area contributed by atoms with Crippen molar-refractivity contribution in [1.82, 2.24) is 15.4 Å². The van der Waals surface area contributed by atoms with Gasteiger partial charge in [-0.1, -0.05) is 6.42 Å². The molecule has 18 heavy (non-hydrogen) atoms. The van der Waals surface area contributed by atoms with Crippen molar-refractivity contribution in [2.75, 3.05) is 19.3 Å². The highest BCUT2D eigenvalue weighted by Crippen LogP contribution is 2.46. The fourth-order valence-electron chi connectivity index (χ4n) is 2.50. The minimum atomic E-state index is -0.362. The highest BCUT2D eigenvalue weighted by Gasteiger charge is 2.48. The number of halogens is 1. The van der Waals surface area contributed by atoms with Gasteiger partial charge in [-0.2, -0.15) is 0 Å². The molecule has 5 heteroatoms. The van der Waals surface area contributed by atoms with Crippen LogP contribution >= 0.6 is 0 Å². The number of pyridine rings is 1. The summed E-state index contributed by atoms with van der Waals surface area (Å²) >= 11 is 0. The lowest BCUT2D eigenvalue weighted by Gasteiger charge is -2.35. The Morgan fingerprint density at radius 3 is 2.56 bits per heavy atom. The van der Waals surface area contributed by atoms with Crippen LogP contribution in [0.3, 0.4) is 0 Å². The first-order chi connectivity index (χ1) is 8.66. The molecule has 0 atom stereocenters. The number of nitrogens with one attached hydrogen (secondary N) is 1. The lowest BCUT2D eigenvalue weighted by atomic mass is 10.0. The Morgan fingerprint density at radius 1 is 1.33 bits per heavy atom. The Balaban J connectivity index is 0.000000138. The van der Waals surface area contributed by atoms with Gasteiger partial charge in [-0.15, -0.1) is 0 Å². The van der Waals surface area contributed by atoms with Crippen molar-refractivity contribution in [2.45, 2.75) is 37.6 Å². The summed E-state index contributed by atoms with van der Waals surface area (Å²) in [6, 6.07) is 2.68. The van der Waals surface area contributed by atoms with Crippen LogP contribution in [0.5, 0.6) is 0 Å². The first-order valence-electron chi connectivity index (χ1n) is 6.48. The highest BCUT2D eigenvalue weighted by molar-refractivity contribution is 5.25. The third-order valence-electron chi connectivity index (χ3n) is 3.69. The molecule has 3 N–H and O–H groups in total. The van der Waals surface area contributed by atoms with Gasteiger partial charge in [0.15, 0.2) is 0 Å². The molecule has 0 bridgehead atoms. The molecule has 4 nitrogen and oxygen atoms in total. The number of hydrogen-bond donors (Lipinski definition) is 2. The molecular weight excluding hydrogens is 231 g/mol. The van der Waals surface area contributed by atoms with E-state index in [0.29, 0.717) is 11.4 Å². The molecule has 2 heterocycles. The number of nitrogens with two attached hydrogens (primary N) is 1. The fourth-order valence-corrected chi connectivity index (χ4v) is 2.50. The molecule has 0 amide bonds. The molecule has 2 fully saturated rings. The molecule has 3 rings (SSSR count). The number of nitrogens with zero attached hydrogens (tertiary/aromatic N) is 2. The van der Waals surface area contributed by atoms with Crippen LogP contribution in [0.1, 0.15) is 32.1 Å². The number of rotatable bonds is 1. The summed E-state index contributed by atoms with van der Waals surface area (Å²) in [4.78, 5) is 3.48. The topological polar surface area (TPSA) is 54.2 Å². The zero-order valence-corrected chi connectivity index (χ0v) is 10.8. The largest absolute Gasteiger partial charge is 0.384 e. The van der Waals surface area contributed by atoms with E-state index < -0.39 is 0 Å². The molecule has 1 aromatic rings. The first-order valence-corrected chi connectivity index (χ1v) is 6.48. The second-order valence-electron chi connectivity index (χ2n) is 4.96.